The van der Waals surface area contributed by atoms with Crippen LogP contribution in [0.1, 0.15) is 12.0 Å². The van der Waals surface area contributed by atoms with E-state index in [-0.39, 0.29) is 17.2 Å². The third-order valence-electron chi connectivity index (χ3n) is 3.90. The van der Waals surface area contributed by atoms with Crippen LogP contribution in [0.15, 0.2) is 64.2 Å². The largest absolute Gasteiger partial charge is 0.423 e. The third-order valence-corrected chi connectivity index (χ3v) is 5.33. The molecule has 0 aliphatic carbocycles. The molecular formula is C18H18N4O4S. The molecule has 2 N–H and O–H groups in total. The van der Waals surface area contributed by atoms with E-state index in [1.165, 1.54) is 25.6 Å². The highest BCUT2D eigenvalue weighted by Gasteiger charge is 2.11. The highest BCUT2D eigenvalue weighted by molar-refractivity contribution is 7.89. The van der Waals surface area contributed by atoms with Crippen molar-refractivity contribution < 1.29 is 17.6 Å². The lowest BCUT2D eigenvalue weighted by Crippen LogP contribution is -2.18. The van der Waals surface area contributed by atoms with Crippen LogP contribution in [0.4, 0.5) is 5.69 Å². The Morgan fingerprint density at radius 3 is 2.59 bits per heavy atom. The number of benzene rings is 2. The van der Waals surface area contributed by atoms with E-state index in [2.05, 4.69) is 20.2 Å². The normalized spacial score (nSPS) is 11.3. The number of sulfonamides is 1. The maximum Gasteiger partial charge on any atom is 0.247 e. The van der Waals surface area contributed by atoms with Crippen molar-refractivity contribution in [3.8, 4) is 11.5 Å². The molecule has 0 aliphatic heterocycles. The lowest BCUT2D eigenvalue weighted by molar-refractivity contribution is -0.116. The van der Waals surface area contributed by atoms with E-state index in [4.69, 9.17) is 4.42 Å². The van der Waals surface area contributed by atoms with E-state index in [9.17, 15) is 13.2 Å². The Balaban J connectivity index is 1.58. The Bertz CT molecular complexity index is 1020. The minimum Gasteiger partial charge on any atom is -0.423 e. The first-order valence-electron chi connectivity index (χ1n) is 8.17. The minimum atomic E-state index is -3.46. The van der Waals surface area contributed by atoms with Crippen LogP contribution in [-0.2, 0) is 21.2 Å². The van der Waals surface area contributed by atoms with Crippen LogP contribution < -0.4 is 10.0 Å². The quantitative estimate of drug-likeness (QED) is 0.643. The van der Waals surface area contributed by atoms with Crippen molar-refractivity contribution >= 4 is 21.6 Å². The van der Waals surface area contributed by atoms with E-state index < -0.39 is 10.0 Å². The number of hydrogen-bond acceptors (Lipinski definition) is 6. The van der Waals surface area contributed by atoms with Gasteiger partial charge in [-0.25, -0.2) is 13.1 Å². The molecule has 0 fully saturated rings. The van der Waals surface area contributed by atoms with Gasteiger partial charge >= 0.3 is 0 Å². The van der Waals surface area contributed by atoms with E-state index in [0.29, 0.717) is 23.6 Å². The molecule has 0 radical (unpaired) electrons. The smallest absolute Gasteiger partial charge is 0.247 e. The SMILES string of the molecule is CNS(=O)(=O)c1ccc(CCC(=O)Nc2cccc(-c3nnco3)c2)cc1. The van der Waals surface area contributed by atoms with Gasteiger partial charge in [0.2, 0.25) is 28.2 Å². The lowest BCUT2D eigenvalue weighted by Gasteiger charge is -2.07. The van der Waals surface area contributed by atoms with Crippen LogP contribution in [0.5, 0.6) is 0 Å². The summed E-state index contributed by atoms with van der Waals surface area (Å²) in [5.41, 5.74) is 2.22. The third kappa shape index (κ3) is 4.78. The first kappa shape index (κ1) is 18.7. The summed E-state index contributed by atoms with van der Waals surface area (Å²) >= 11 is 0. The summed E-state index contributed by atoms with van der Waals surface area (Å²) in [4.78, 5) is 12.4. The van der Waals surface area contributed by atoms with Gasteiger partial charge in [-0.15, -0.1) is 10.2 Å². The van der Waals surface area contributed by atoms with Gasteiger partial charge in [-0.1, -0.05) is 18.2 Å². The Kier molecular flexibility index (Phi) is 5.63. The molecule has 1 heterocycles. The molecular weight excluding hydrogens is 368 g/mol. The van der Waals surface area contributed by atoms with Gasteiger partial charge in [0.05, 0.1) is 4.90 Å². The van der Waals surface area contributed by atoms with Crippen molar-refractivity contribution in [2.75, 3.05) is 12.4 Å². The second-order valence-corrected chi connectivity index (χ2v) is 7.61. The number of hydrogen-bond donors (Lipinski definition) is 2. The Labute approximate surface area is 156 Å². The molecule has 0 spiro atoms. The summed E-state index contributed by atoms with van der Waals surface area (Å²) in [6.07, 6.45) is 2.01. The van der Waals surface area contributed by atoms with Crippen molar-refractivity contribution in [2.24, 2.45) is 0 Å². The average molecular weight is 386 g/mol. The molecule has 1 aromatic heterocycles. The number of rotatable bonds is 7. The summed E-state index contributed by atoms with van der Waals surface area (Å²) < 4.78 is 30.8. The fourth-order valence-electron chi connectivity index (χ4n) is 2.46. The van der Waals surface area contributed by atoms with Gasteiger partial charge in [0.25, 0.3) is 0 Å². The second-order valence-electron chi connectivity index (χ2n) is 5.72. The Hall–Kier alpha value is -3.04. The van der Waals surface area contributed by atoms with Crippen molar-refractivity contribution in [3.05, 3.63) is 60.5 Å². The van der Waals surface area contributed by atoms with Crippen LogP contribution in [-0.4, -0.2) is 31.6 Å². The van der Waals surface area contributed by atoms with Crippen LogP contribution in [0.2, 0.25) is 0 Å². The van der Waals surface area contributed by atoms with Gasteiger partial charge in [0.15, 0.2) is 0 Å². The predicted octanol–water partition coefficient (Wildman–Crippen LogP) is 2.22. The summed E-state index contributed by atoms with van der Waals surface area (Å²) in [7, 11) is -2.09. The zero-order chi connectivity index (χ0) is 19.3. The number of anilines is 1. The van der Waals surface area contributed by atoms with E-state index in [1.807, 2.05) is 6.07 Å². The van der Waals surface area contributed by atoms with E-state index >= 15 is 0 Å². The molecule has 27 heavy (non-hydrogen) atoms. The molecule has 140 valence electrons. The number of aryl methyl sites for hydroxylation is 1. The molecule has 0 unspecified atom stereocenters. The van der Waals surface area contributed by atoms with Crippen molar-refractivity contribution in [2.45, 2.75) is 17.7 Å². The molecule has 0 aliphatic rings. The molecule has 0 saturated carbocycles. The number of carbonyl (C=O) groups is 1. The summed E-state index contributed by atoms with van der Waals surface area (Å²) in [6, 6.07) is 13.6. The standard InChI is InChI=1S/C18H18N4O4S/c1-19-27(24,25)16-8-5-13(6-9-16)7-10-17(23)21-15-4-2-3-14(11-15)18-22-20-12-26-18/h2-6,8-9,11-12,19H,7,10H2,1H3,(H,21,23). The van der Waals surface area contributed by atoms with E-state index in [1.54, 1.807) is 30.3 Å². The summed E-state index contributed by atoms with van der Waals surface area (Å²) in [5, 5.41) is 10.3. The highest BCUT2D eigenvalue weighted by atomic mass is 32.2. The van der Waals surface area contributed by atoms with Gasteiger partial charge in [-0.2, -0.15) is 0 Å². The molecule has 0 bridgehead atoms. The van der Waals surface area contributed by atoms with Gasteiger partial charge in [0, 0.05) is 17.7 Å². The minimum absolute atomic E-state index is 0.149. The number of nitrogens with zero attached hydrogens (tertiary/aromatic N) is 2. The average Bonchev–Trinajstić information content (AvgIpc) is 3.22. The fraction of sp³-hybridized carbons (Fsp3) is 0.167. The molecule has 0 saturated heterocycles. The maximum absolute atomic E-state index is 12.2. The van der Waals surface area contributed by atoms with Crippen molar-refractivity contribution in [1.82, 2.24) is 14.9 Å². The molecule has 9 heteroatoms. The molecule has 3 rings (SSSR count). The first-order valence-corrected chi connectivity index (χ1v) is 9.65. The Morgan fingerprint density at radius 1 is 1.15 bits per heavy atom. The fourth-order valence-corrected chi connectivity index (χ4v) is 3.19. The van der Waals surface area contributed by atoms with Crippen LogP contribution in [0, 0.1) is 0 Å². The van der Waals surface area contributed by atoms with Gasteiger partial charge < -0.3 is 9.73 Å². The molecule has 0 atom stereocenters. The second kappa shape index (κ2) is 8.11. The van der Waals surface area contributed by atoms with Crippen LogP contribution >= 0.6 is 0 Å². The predicted molar refractivity (Wildman–Crippen MR) is 99.4 cm³/mol. The number of nitrogens with one attached hydrogen (secondary N) is 2. The van der Waals surface area contributed by atoms with Crippen molar-refractivity contribution in [3.63, 3.8) is 0 Å². The highest BCUT2D eigenvalue weighted by Crippen LogP contribution is 2.20. The zero-order valence-electron chi connectivity index (χ0n) is 14.5. The zero-order valence-corrected chi connectivity index (χ0v) is 15.4. The molecule has 3 aromatic rings. The number of aromatic nitrogens is 2. The maximum atomic E-state index is 12.2. The molecule has 1 amide bonds. The van der Waals surface area contributed by atoms with Gasteiger partial charge in [0.1, 0.15) is 0 Å². The van der Waals surface area contributed by atoms with Crippen molar-refractivity contribution in [1.29, 1.82) is 0 Å². The Morgan fingerprint density at radius 2 is 1.93 bits per heavy atom. The monoisotopic (exact) mass is 386 g/mol. The van der Waals surface area contributed by atoms with Gasteiger partial charge in [-0.3, -0.25) is 4.79 Å². The lowest BCUT2D eigenvalue weighted by atomic mass is 10.1. The summed E-state index contributed by atoms with van der Waals surface area (Å²) in [5.74, 6) is 0.229. The topological polar surface area (TPSA) is 114 Å². The van der Waals surface area contributed by atoms with Crippen LogP contribution in [0.25, 0.3) is 11.5 Å². The molecule has 2 aromatic carbocycles. The van der Waals surface area contributed by atoms with E-state index in [0.717, 1.165) is 5.56 Å². The summed E-state index contributed by atoms with van der Waals surface area (Å²) in [6.45, 7) is 0. The first-order chi connectivity index (χ1) is 13.0. The number of amides is 1. The molecule has 8 nitrogen and oxygen atoms in total. The van der Waals surface area contributed by atoms with Gasteiger partial charge in [-0.05, 0) is 49.4 Å². The van der Waals surface area contributed by atoms with Crippen LogP contribution in [0.3, 0.4) is 0 Å². The number of carbonyl (C=O) groups excluding carboxylic acids is 1.